The fraction of sp³-hybridized carbons (Fsp3) is 0.320. The van der Waals surface area contributed by atoms with Crippen molar-refractivity contribution in [2.75, 3.05) is 11.3 Å². The zero-order chi connectivity index (χ0) is 26.3. The van der Waals surface area contributed by atoms with Crippen LogP contribution in [0.2, 0.25) is 10.0 Å². The molecule has 0 aliphatic heterocycles. The molecule has 0 radical (unpaired) electrons. The molecule has 0 unspecified atom stereocenters. The first-order valence-electron chi connectivity index (χ1n) is 11.9. The van der Waals surface area contributed by atoms with Gasteiger partial charge in [-0.1, -0.05) is 36.0 Å². The molecule has 1 aliphatic rings. The number of nitrogens with zero attached hydrogens (tertiary/aromatic N) is 3. The summed E-state index contributed by atoms with van der Waals surface area (Å²) in [4.78, 5) is 20.5. The van der Waals surface area contributed by atoms with Gasteiger partial charge in [0.2, 0.25) is 0 Å². The van der Waals surface area contributed by atoms with E-state index in [0.717, 1.165) is 31.5 Å². The van der Waals surface area contributed by atoms with Crippen LogP contribution in [0.4, 0.5) is 5.69 Å². The van der Waals surface area contributed by atoms with E-state index in [1.165, 1.54) is 30.3 Å². The molecule has 1 aliphatic carbocycles. The number of hydrogen-bond acceptors (Lipinski definition) is 6. The lowest BCUT2D eigenvalue weighted by Gasteiger charge is -2.14. The van der Waals surface area contributed by atoms with Gasteiger partial charge in [0.1, 0.15) is 11.6 Å². The van der Waals surface area contributed by atoms with E-state index in [1.54, 1.807) is 17.5 Å². The van der Waals surface area contributed by atoms with Crippen molar-refractivity contribution in [3.05, 3.63) is 68.3 Å². The smallest absolute Gasteiger partial charge is 0.277 e. The van der Waals surface area contributed by atoms with E-state index in [-0.39, 0.29) is 32.9 Å². The van der Waals surface area contributed by atoms with E-state index in [0.29, 0.717) is 34.2 Å². The van der Waals surface area contributed by atoms with Crippen molar-refractivity contribution < 1.29 is 13.2 Å². The fourth-order valence-corrected chi connectivity index (χ4v) is 6.05. The van der Waals surface area contributed by atoms with Gasteiger partial charge in [-0.2, -0.15) is 0 Å². The molecular weight excluding hydrogens is 537 g/mol. The quantitative estimate of drug-likeness (QED) is 0.305. The predicted molar refractivity (Wildman–Crippen MR) is 143 cm³/mol. The zero-order valence-corrected chi connectivity index (χ0v) is 22.5. The molecule has 1 fully saturated rings. The third-order valence-corrected chi connectivity index (χ3v) is 8.53. The van der Waals surface area contributed by atoms with E-state index >= 15 is 0 Å². The average molecular weight is 562 g/mol. The maximum absolute atomic E-state index is 13.2. The van der Waals surface area contributed by atoms with Gasteiger partial charge in [-0.15, -0.1) is 5.10 Å². The van der Waals surface area contributed by atoms with Crippen LogP contribution in [0.1, 0.15) is 50.0 Å². The van der Waals surface area contributed by atoms with E-state index in [2.05, 4.69) is 14.7 Å². The maximum atomic E-state index is 13.2. The molecule has 12 heteroatoms. The Labute approximate surface area is 223 Å². The number of hydrogen-bond donors (Lipinski definition) is 2. The Kier molecular flexibility index (Phi) is 6.91. The number of fused-ring (bicyclic) bond motifs is 1. The highest BCUT2D eigenvalue weighted by molar-refractivity contribution is 7.92. The van der Waals surface area contributed by atoms with Gasteiger partial charge in [0.05, 0.1) is 38.5 Å². The highest BCUT2D eigenvalue weighted by atomic mass is 35.5. The number of imidazole rings is 1. The van der Waals surface area contributed by atoms with Crippen molar-refractivity contribution >= 4 is 44.4 Å². The third-order valence-electron chi connectivity index (χ3n) is 6.41. The van der Waals surface area contributed by atoms with Gasteiger partial charge in [0.25, 0.3) is 15.6 Å². The second kappa shape index (κ2) is 10.00. The molecule has 0 spiro atoms. The molecule has 37 heavy (non-hydrogen) atoms. The van der Waals surface area contributed by atoms with Crippen LogP contribution in [0.3, 0.4) is 0 Å². The summed E-state index contributed by atoms with van der Waals surface area (Å²) >= 11 is 12.0. The Morgan fingerprint density at radius 2 is 1.89 bits per heavy atom. The molecule has 9 nitrogen and oxygen atoms in total. The largest absolute Gasteiger partial charge is 0.493 e. The number of rotatable bonds is 7. The van der Waals surface area contributed by atoms with E-state index in [1.807, 2.05) is 6.92 Å². The molecule has 5 rings (SSSR count). The fourth-order valence-electron chi connectivity index (χ4n) is 4.68. The monoisotopic (exact) mass is 561 g/mol. The first-order valence-corrected chi connectivity index (χ1v) is 14.2. The van der Waals surface area contributed by atoms with Crippen molar-refractivity contribution in [3.63, 3.8) is 0 Å². The summed E-state index contributed by atoms with van der Waals surface area (Å²) in [5.41, 5.74) is 1.22. The second-order valence-corrected chi connectivity index (χ2v) is 11.4. The van der Waals surface area contributed by atoms with Crippen molar-refractivity contribution in [2.24, 2.45) is 0 Å². The van der Waals surface area contributed by atoms with Crippen LogP contribution >= 0.6 is 23.2 Å². The molecule has 2 N–H and O–H groups in total. The van der Waals surface area contributed by atoms with E-state index in [4.69, 9.17) is 33.0 Å². The van der Waals surface area contributed by atoms with Crippen LogP contribution in [-0.4, -0.2) is 34.6 Å². The highest BCUT2D eigenvalue weighted by Gasteiger charge is 2.26. The molecule has 0 saturated heterocycles. The summed E-state index contributed by atoms with van der Waals surface area (Å²) in [6.45, 7) is 3.94. The Hall–Kier alpha value is -3.08. The van der Waals surface area contributed by atoms with Crippen LogP contribution in [0.15, 0.2) is 46.1 Å². The van der Waals surface area contributed by atoms with Crippen LogP contribution in [-0.2, 0) is 10.0 Å². The number of anilines is 1. The number of aryl methyl sites for hydroxylation is 1. The molecule has 1 saturated carbocycles. The van der Waals surface area contributed by atoms with E-state index in [9.17, 15) is 13.2 Å². The summed E-state index contributed by atoms with van der Waals surface area (Å²) in [6.07, 6.45) is 4.19. The molecule has 2 aromatic carbocycles. The predicted octanol–water partition coefficient (Wildman–Crippen LogP) is 5.56. The average Bonchev–Trinajstić information content (AvgIpc) is 3.50. The number of sulfonamides is 1. The van der Waals surface area contributed by atoms with Gasteiger partial charge in [0, 0.05) is 5.92 Å². The van der Waals surface area contributed by atoms with Crippen LogP contribution in [0.25, 0.3) is 16.9 Å². The lowest BCUT2D eigenvalue weighted by Crippen LogP contribution is -2.17. The number of benzene rings is 2. The minimum atomic E-state index is -4.02. The van der Waals surface area contributed by atoms with Crippen LogP contribution in [0.5, 0.6) is 5.75 Å². The lowest BCUT2D eigenvalue weighted by atomic mass is 10.1. The molecule has 0 amide bonds. The van der Waals surface area contributed by atoms with Crippen molar-refractivity contribution in [3.8, 4) is 17.1 Å². The molecule has 4 aromatic rings. The zero-order valence-electron chi connectivity index (χ0n) is 20.2. The molecule has 0 atom stereocenters. The minimum Gasteiger partial charge on any atom is -0.493 e. The normalized spacial score (nSPS) is 14.4. The summed E-state index contributed by atoms with van der Waals surface area (Å²) in [5.74, 6) is 1.54. The van der Waals surface area contributed by atoms with E-state index < -0.39 is 10.0 Å². The Morgan fingerprint density at radius 1 is 1.14 bits per heavy atom. The Balaban J connectivity index is 1.62. The number of H-pyrrole nitrogens is 1. The molecule has 0 bridgehead atoms. The lowest BCUT2D eigenvalue weighted by molar-refractivity contribution is 0.341. The molecular formula is C25H25Cl2N5O4S. The van der Waals surface area contributed by atoms with Gasteiger partial charge in [0.15, 0.2) is 11.3 Å². The summed E-state index contributed by atoms with van der Waals surface area (Å²) in [7, 11) is -4.02. The van der Waals surface area contributed by atoms with Gasteiger partial charge in [-0.25, -0.2) is 17.9 Å². The van der Waals surface area contributed by atoms with Crippen molar-refractivity contribution in [1.82, 2.24) is 19.6 Å². The first-order chi connectivity index (χ1) is 17.7. The Bertz CT molecular complexity index is 1660. The van der Waals surface area contributed by atoms with Gasteiger partial charge in [-0.05, 0) is 63.1 Å². The van der Waals surface area contributed by atoms with Gasteiger partial charge < -0.3 is 9.72 Å². The summed E-state index contributed by atoms with van der Waals surface area (Å²) in [5, 5.41) is 5.24. The van der Waals surface area contributed by atoms with Crippen molar-refractivity contribution in [2.45, 2.75) is 50.3 Å². The maximum Gasteiger partial charge on any atom is 0.277 e. The van der Waals surface area contributed by atoms with Gasteiger partial charge in [-0.3, -0.25) is 9.52 Å². The Morgan fingerprint density at radius 3 is 2.59 bits per heavy atom. The number of halogens is 2. The summed E-state index contributed by atoms with van der Waals surface area (Å²) < 4.78 is 36.3. The standard InChI is InChI=1S/C25H25Cl2N5O4S/c1-3-36-21-11-9-17(37(34,35)31-16-8-10-19(26)20(27)12-16)13-18(21)23-29-25(33)22-14(2)28-24(32(22)30-23)15-6-4-5-7-15/h8-13,15,31H,3-7H2,1-2H3,(H,29,30,33). The third kappa shape index (κ3) is 4.93. The van der Waals surface area contributed by atoms with Crippen LogP contribution in [0, 0.1) is 6.92 Å². The first kappa shape index (κ1) is 25.6. The number of ether oxygens (including phenoxy) is 1. The van der Waals surface area contributed by atoms with Crippen molar-refractivity contribution in [1.29, 1.82) is 0 Å². The molecule has 2 aromatic heterocycles. The molecule has 2 heterocycles. The number of aromatic amines is 1. The van der Waals surface area contributed by atoms with Gasteiger partial charge >= 0.3 is 0 Å². The second-order valence-electron chi connectivity index (χ2n) is 8.93. The highest BCUT2D eigenvalue weighted by Crippen LogP contribution is 2.35. The topological polar surface area (TPSA) is 118 Å². The minimum absolute atomic E-state index is 0.0439. The summed E-state index contributed by atoms with van der Waals surface area (Å²) in [6, 6.07) is 8.84. The molecule has 194 valence electrons. The number of nitrogens with one attached hydrogen (secondary N) is 2. The van der Waals surface area contributed by atoms with Crippen LogP contribution < -0.4 is 15.0 Å². The number of aromatic nitrogens is 4. The SMILES string of the molecule is CCOc1ccc(S(=O)(=O)Nc2ccc(Cl)c(Cl)c2)cc1-c1nn2c(C3CCCC3)nc(C)c2c(=O)[nH]1.